The molecule has 1 unspecified atom stereocenters. The second-order valence-electron chi connectivity index (χ2n) is 6.43. The van der Waals surface area contributed by atoms with Crippen LogP contribution in [0.5, 0.6) is 0 Å². The summed E-state index contributed by atoms with van der Waals surface area (Å²) in [5, 5.41) is 10.1. The zero-order valence-corrected chi connectivity index (χ0v) is 13.5. The highest BCUT2D eigenvalue weighted by molar-refractivity contribution is 5.81. The Morgan fingerprint density at radius 3 is 2.95 bits per heavy atom. The van der Waals surface area contributed by atoms with E-state index < -0.39 is 11.5 Å². The Morgan fingerprint density at radius 1 is 1.45 bits per heavy atom. The predicted molar refractivity (Wildman–Crippen MR) is 84.7 cm³/mol. The van der Waals surface area contributed by atoms with Crippen molar-refractivity contribution < 1.29 is 9.90 Å². The fourth-order valence-corrected chi connectivity index (χ4v) is 4.25. The van der Waals surface area contributed by atoms with Gasteiger partial charge < -0.3 is 5.11 Å². The minimum Gasteiger partial charge on any atom is -0.480 e. The number of aromatic nitrogens is 1. The number of nitrogens with zero attached hydrogens (tertiary/aromatic N) is 3. The first-order valence-corrected chi connectivity index (χ1v) is 8.24. The van der Waals surface area contributed by atoms with Crippen LogP contribution in [0.4, 0.5) is 0 Å². The van der Waals surface area contributed by atoms with Crippen LogP contribution in [0.1, 0.15) is 37.4 Å². The van der Waals surface area contributed by atoms with Crippen molar-refractivity contribution in [3.63, 3.8) is 0 Å². The number of carboxylic acids is 1. The van der Waals surface area contributed by atoms with Crippen molar-refractivity contribution in [3.05, 3.63) is 29.6 Å². The van der Waals surface area contributed by atoms with E-state index in [9.17, 15) is 9.90 Å². The monoisotopic (exact) mass is 303 g/mol. The maximum atomic E-state index is 12.3. The lowest BCUT2D eigenvalue weighted by Crippen LogP contribution is -2.60. The van der Waals surface area contributed by atoms with Crippen LogP contribution in [0, 0.1) is 6.92 Å². The van der Waals surface area contributed by atoms with Crippen LogP contribution in [-0.2, 0) is 10.3 Å². The van der Waals surface area contributed by atoms with E-state index in [-0.39, 0.29) is 0 Å². The molecule has 0 aliphatic carbocycles. The van der Waals surface area contributed by atoms with Gasteiger partial charge in [-0.15, -0.1) is 0 Å². The molecule has 3 heterocycles. The second kappa shape index (κ2) is 5.97. The van der Waals surface area contributed by atoms with Crippen LogP contribution in [0.2, 0.25) is 0 Å². The van der Waals surface area contributed by atoms with Gasteiger partial charge in [0.05, 0.1) is 0 Å². The van der Waals surface area contributed by atoms with Gasteiger partial charge in [-0.25, -0.2) is 4.79 Å². The van der Waals surface area contributed by atoms with Crippen LogP contribution in [0.3, 0.4) is 0 Å². The fraction of sp³-hybridized carbons (Fsp3) is 0.647. The van der Waals surface area contributed by atoms with Crippen molar-refractivity contribution in [1.29, 1.82) is 0 Å². The van der Waals surface area contributed by atoms with Gasteiger partial charge in [0.2, 0.25) is 0 Å². The van der Waals surface area contributed by atoms with E-state index in [1.54, 1.807) is 6.20 Å². The molecule has 5 nitrogen and oxygen atoms in total. The van der Waals surface area contributed by atoms with Crippen LogP contribution in [0.25, 0.3) is 0 Å². The molecule has 0 radical (unpaired) electrons. The average molecular weight is 303 g/mol. The van der Waals surface area contributed by atoms with Crippen molar-refractivity contribution in [2.75, 3.05) is 26.2 Å². The number of carbonyl (C=O) groups is 1. The number of hydrogen-bond donors (Lipinski definition) is 1. The molecule has 1 aromatic rings. The van der Waals surface area contributed by atoms with E-state index in [1.165, 1.54) is 12.8 Å². The summed E-state index contributed by atoms with van der Waals surface area (Å²) in [4.78, 5) is 21.3. The highest BCUT2D eigenvalue weighted by Gasteiger charge is 2.48. The number of piperazine rings is 1. The lowest BCUT2D eigenvalue weighted by atomic mass is 9.83. The number of hydrogen-bond acceptors (Lipinski definition) is 4. The van der Waals surface area contributed by atoms with Gasteiger partial charge in [0.25, 0.3) is 0 Å². The quantitative estimate of drug-likeness (QED) is 0.920. The van der Waals surface area contributed by atoms with Crippen LogP contribution in [-0.4, -0.2) is 58.1 Å². The Hall–Kier alpha value is -1.46. The first-order valence-electron chi connectivity index (χ1n) is 8.24. The number of fused-ring (bicyclic) bond motifs is 1. The second-order valence-corrected chi connectivity index (χ2v) is 6.43. The number of rotatable bonds is 4. The largest absolute Gasteiger partial charge is 0.480 e. The van der Waals surface area contributed by atoms with Crippen molar-refractivity contribution in [1.82, 2.24) is 14.8 Å². The van der Waals surface area contributed by atoms with Crippen LogP contribution < -0.4 is 0 Å². The predicted octanol–water partition coefficient (Wildman–Crippen LogP) is 1.86. The van der Waals surface area contributed by atoms with Crippen molar-refractivity contribution in [2.24, 2.45) is 0 Å². The van der Waals surface area contributed by atoms with Gasteiger partial charge in [-0.1, -0.05) is 13.0 Å². The van der Waals surface area contributed by atoms with Gasteiger partial charge in [0.15, 0.2) is 0 Å². The normalized spacial score (nSPS) is 25.6. The molecule has 0 spiro atoms. The van der Waals surface area contributed by atoms with Gasteiger partial charge in [-0.2, -0.15) is 0 Å². The molecule has 2 aliphatic rings. The minimum absolute atomic E-state index is 0.510. The lowest BCUT2D eigenvalue weighted by molar-refractivity contribution is -0.155. The topological polar surface area (TPSA) is 56.7 Å². The molecule has 3 rings (SSSR count). The van der Waals surface area contributed by atoms with Crippen molar-refractivity contribution in [2.45, 2.75) is 44.7 Å². The highest BCUT2D eigenvalue weighted by Crippen LogP contribution is 2.37. The maximum absolute atomic E-state index is 12.3. The zero-order chi connectivity index (χ0) is 15.7. The third-order valence-electron chi connectivity index (χ3n) is 5.45. The standard InChI is InChI=1S/C17H25N3O2/c1-3-17(16(21)22,15-7-4-8-18-13(15)2)20-11-10-19-9-5-6-14(19)12-20/h4,7-8,14H,3,5-6,9-12H2,1-2H3,(H,21,22)/t14-,17?/m1/s1. The van der Waals surface area contributed by atoms with E-state index in [2.05, 4.69) is 14.8 Å². The van der Waals surface area contributed by atoms with E-state index in [1.807, 2.05) is 26.0 Å². The van der Waals surface area contributed by atoms with E-state index in [4.69, 9.17) is 0 Å². The van der Waals surface area contributed by atoms with Crippen LogP contribution in [0.15, 0.2) is 18.3 Å². The highest BCUT2D eigenvalue weighted by atomic mass is 16.4. The molecular formula is C17H25N3O2. The van der Waals surface area contributed by atoms with Gasteiger partial charge in [0.1, 0.15) is 5.54 Å². The molecule has 1 N–H and O–H groups in total. The smallest absolute Gasteiger partial charge is 0.328 e. The lowest BCUT2D eigenvalue weighted by Gasteiger charge is -2.47. The Bertz CT molecular complexity index is 563. The molecule has 2 saturated heterocycles. The van der Waals surface area contributed by atoms with Gasteiger partial charge >= 0.3 is 5.97 Å². The summed E-state index contributed by atoms with van der Waals surface area (Å²) < 4.78 is 0. The van der Waals surface area contributed by atoms with Crippen molar-refractivity contribution in [3.8, 4) is 0 Å². The first kappa shape index (κ1) is 15.4. The maximum Gasteiger partial charge on any atom is 0.328 e. The molecule has 120 valence electrons. The Kier molecular flexibility index (Phi) is 4.19. The number of aryl methyl sites for hydroxylation is 1. The number of pyridine rings is 1. The summed E-state index contributed by atoms with van der Waals surface area (Å²) >= 11 is 0. The third kappa shape index (κ3) is 2.32. The molecule has 1 aromatic heterocycles. The third-order valence-corrected chi connectivity index (χ3v) is 5.45. The zero-order valence-electron chi connectivity index (χ0n) is 13.5. The Labute approximate surface area is 131 Å². The molecule has 22 heavy (non-hydrogen) atoms. The number of aliphatic carboxylic acids is 1. The average Bonchev–Trinajstić information content (AvgIpc) is 2.97. The van der Waals surface area contributed by atoms with Crippen LogP contribution >= 0.6 is 0 Å². The fourth-order valence-electron chi connectivity index (χ4n) is 4.25. The molecule has 0 saturated carbocycles. The van der Waals surface area contributed by atoms with Gasteiger partial charge in [-0.05, 0) is 38.8 Å². The summed E-state index contributed by atoms with van der Waals surface area (Å²) in [6.45, 7) is 7.67. The molecular weight excluding hydrogens is 278 g/mol. The van der Waals surface area contributed by atoms with Gasteiger partial charge in [0, 0.05) is 43.1 Å². The van der Waals surface area contributed by atoms with E-state index in [0.717, 1.165) is 37.4 Å². The van der Waals surface area contributed by atoms with E-state index in [0.29, 0.717) is 12.5 Å². The summed E-state index contributed by atoms with van der Waals surface area (Å²) in [6.07, 6.45) is 4.70. The summed E-state index contributed by atoms with van der Waals surface area (Å²) in [6, 6.07) is 4.29. The summed E-state index contributed by atoms with van der Waals surface area (Å²) in [7, 11) is 0. The summed E-state index contributed by atoms with van der Waals surface area (Å²) in [5.41, 5.74) is 0.713. The first-order chi connectivity index (χ1) is 10.6. The summed E-state index contributed by atoms with van der Waals surface area (Å²) in [5.74, 6) is -0.752. The molecule has 2 atom stereocenters. The Morgan fingerprint density at radius 2 is 2.27 bits per heavy atom. The molecule has 2 aliphatic heterocycles. The minimum atomic E-state index is -0.951. The van der Waals surface area contributed by atoms with E-state index >= 15 is 0 Å². The number of carboxylic acid groups (broad SMARTS) is 1. The molecule has 0 bridgehead atoms. The molecule has 2 fully saturated rings. The molecule has 5 heteroatoms. The van der Waals surface area contributed by atoms with Crippen molar-refractivity contribution >= 4 is 5.97 Å². The van der Waals surface area contributed by atoms with Gasteiger partial charge in [-0.3, -0.25) is 14.8 Å². The molecule has 0 aromatic carbocycles. The SMILES string of the molecule is CCC(C(=O)O)(c1cccnc1C)N1CCN2CCC[C@@H]2C1. The Balaban J connectivity index is 1.99. The molecule has 0 amide bonds.